The highest BCUT2D eigenvalue weighted by atomic mass is 16.3. The van der Waals surface area contributed by atoms with Crippen LogP contribution in [0.1, 0.15) is 53.2 Å². The molecule has 0 unspecified atom stereocenters. The molecule has 0 fully saturated rings. The van der Waals surface area contributed by atoms with Gasteiger partial charge in [0.05, 0.1) is 19.4 Å². The molecular weight excluding hydrogens is 444 g/mol. The van der Waals surface area contributed by atoms with Gasteiger partial charge in [-0.25, -0.2) is 0 Å². The Morgan fingerprint density at radius 1 is 0.857 bits per heavy atom. The van der Waals surface area contributed by atoms with E-state index in [0.29, 0.717) is 22.6 Å². The number of amides is 3. The van der Waals surface area contributed by atoms with E-state index in [-0.39, 0.29) is 30.8 Å². The third-order valence-corrected chi connectivity index (χ3v) is 5.27. The summed E-state index contributed by atoms with van der Waals surface area (Å²) in [6.45, 7) is 5.91. The highest BCUT2D eigenvalue weighted by Gasteiger charge is 2.14. The molecule has 0 aliphatic rings. The SMILES string of the molecule is CCCN(CCC)C(=O)c1ccc(NCC(=O)Nc2cccc(C(=O)NCc3ccco3)c2)cc1. The van der Waals surface area contributed by atoms with Crippen LogP contribution in [-0.4, -0.2) is 42.3 Å². The highest BCUT2D eigenvalue weighted by molar-refractivity contribution is 5.98. The number of benzene rings is 2. The maximum absolute atomic E-state index is 12.7. The van der Waals surface area contributed by atoms with Gasteiger partial charge in [-0.1, -0.05) is 19.9 Å². The summed E-state index contributed by atoms with van der Waals surface area (Å²) in [6, 6.07) is 17.4. The Balaban J connectivity index is 1.49. The second-order valence-corrected chi connectivity index (χ2v) is 8.11. The van der Waals surface area contributed by atoms with Gasteiger partial charge in [-0.3, -0.25) is 14.4 Å². The van der Waals surface area contributed by atoms with Crippen LogP contribution in [0.3, 0.4) is 0 Å². The molecule has 0 saturated carbocycles. The first kappa shape index (κ1) is 25.6. The number of furan rings is 1. The van der Waals surface area contributed by atoms with E-state index < -0.39 is 0 Å². The minimum atomic E-state index is -0.262. The number of hydrogen-bond acceptors (Lipinski definition) is 5. The zero-order chi connectivity index (χ0) is 25.0. The van der Waals surface area contributed by atoms with Crippen molar-refractivity contribution < 1.29 is 18.8 Å². The maximum Gasteiger partial charge on any atom is 0.253 e. The van der Waals surface area contributed by atoms with Gasteiger partial charge in [-0.2, -0.15) is 0 Å². The fraction of sp³-hybridized carbons (Fsp3) is 0.296. The van der Waals surface area contributed by atoms with Crippen LogP contribution in [0.15, 0.2) is 71.3 Å². The van der Waals surface area contributed by atoms with E-state index >= 15 is 0 Å². The zero-order valence-corrected chi connectivity index (χ0v) is 20.2. The Bertz CT molecular complexity index is 1100. The van der Waals surface area contributed by atoms with Crippen molar-refractivity contribution in [3.8, 4) is 0 Å². The number of hydrogen-bond donors (Lipinski definition) is 3. The predicted molar refractivity (Wildman–Crippen MR) is 136 cm³/mol. The topological polar surface area (TPSA) is 104 Å². The third kappa shape index (κ3) is 7.74. The predicted octanol–water partition coefficient (Wildman–Crippen LogP) is 4.52. The summed E-state index contributed by atoms with van der Waals surface area (Å²) in [4.78, 5) is 39.3. The van der Waals surface area contributed by atoms with Crippen molar-refractivity contribution in [2.75, 3.05) is 30.3 Å². The van der Waals surface area contributed by atoms with Crippen molar-refractivity contribution in [3.05, 3.63) is 83.8 Å². The Morgan fingerprint density at radius 2 is 1.60 bits per heavy atom. The number of rotatable bonds is 12. The van der Waals surface area contributed by atoms with Gasteiger partial charge in [-0.05, 0) is 67.4 Å². The molecule has 184 valence electrons. The summed E-state index contributed by atoms with van der Waals surface area (Å²) in [5.74, 6) is 0.161. The van der Waals surface area contributed by atoms with Crippen molar-refractivity contribution in [1.29, 1.82) is 0 Å². The summed E-state index contributed by atoms with van der Waals surface area (Å²) < 4.78 is 5.21. The standard InChI is InChI=1S/C27H32N4O4/c1-3-14-31(15-4-2)27(34)20-10-12-22(13-11-20)28-19-25(32)30-23-8-5-7-21(17-23)26(33)29-18-24-9-6-16-35-24/h5-13,16-17,28H,3-4,14-15,18-19H2,1-2H3,(H,29,33)(H,30,32). The second kappa shape index (κ2) is 13.0. The quantitative estimate of drug-likeness (QED) is 0.357. The first-order valence-corrected chi connectivity index (χ1v) is 11.8. The molecule has 3 aromatic rings. The van der Waals surface area contributed by atoms with E-state index in [1.165, 1.54) is 0 Å². The van der Waals surface area contributed by atoms with Crippen molar-refractivity contribution in [2.24, 2.45) is 0 Å². The van der Waals surface area contributed by atoms with E-state index in [1.807, 2.05) is 4.90 Å². The van der Waals surface area contributed by atoms with Crippen molar-refractivity contribution >= 4 is 29.1 Å². The molecule has 0 aliphatic heterocycles. The molecule has 1 heterocycles. The molecule has 0 aliphatic carbocycles. The highest BCUT2D eigenvalue weighted by Crippen LogP contribution is 2.14. The van der Waals surface area contributed by atoms with Gasteiger partial charge in [0.2, 0.25) is 5.91 Å². The summed E-state index contributed by atoms with van der Waals surface area (Å²) in [5, 5.41) is 8.62. The zero-order valence-electron chi connectivity index (χ0n) is 20.2. The summed E-state index contributed by atoms with van der Waals surface area (Å²) in [5.41, 5.74) is 2.32. The van der Waals surface area contributed by atoms with Gasteiger partial charge < -0.3 is 25.3 Å². The molecule has 8 heteroatoms. The van der Waals surface area contributed by atoms with E-state index in [4.69, 9.17) is 4.42 Å². The summed E-state index contributed by atoms with van der Waals surface area (Å²) in [7, 11) is 0. The van der Waals surface area contributed by atoms with Crippen LogP contribution in [0, 0.1) is 0 Å². The molecule has 0 bridgehead atoms. The van der Waals surface area contributed by atoms with E-state index in [1.54, 1.807) is 66.9 Å². The Hall–Kier alpha value is -4.07. The van der Waals surface area contributed by atoms with Crippen molar-refractivity contribution in [3.63, 3.8) is 0 Å². The number of anilines is 2. The lowest BCUT2D eigenvalue weighted by Gasteiger charge is -2.21. The summed E-state index contributed by atoms with van der Waals surface area (Å²) in [6.07, 6.45) is 3.38. The van der Waals surface area contributed by atoms with Gasteiger partial charge in [0.1, 0.15) is 5.76 Å². The lowest BCUT2D eigenvalue weighted by atomic mass is 10.1. The lowest BCUT2D eigenvalue weighted by Crippen LogP contribution is -2.32. The molecule has 1 aromatic heterocycles. The molecule has 3 rings (SSSR count). The average molecular weight is 477 g/mol. The largest absolute Gasteiger partial charge is 0.467 e. The van der Waals surface area contributed by atoms with E-state index in [0.717, 1.165) is 31.6 Å². The Morgan fingerprint density at radius 3 is 2.26 bits per heavy atom. The van der Waals surface area contributed by atoms with Gasteiger partial charge in [0.25, 0.3) is 11.8 Å². The Labute approximate surface area is 205 Å². The molecule has 8 nitrogen and oxygen atoms in total. The normalized spacial score (nSPS) is 10.5. The second-order valence-electron chi connectivity index (χ2n) is 8.11. The first-order valence-electron chi connectivity index (χ1n) is 11.8. The number of nitrogens with one attached hydrogen (secondary N) is 3. The van der Waals surface area contributed by atoms with Gasteiger partial charge in [-0.15, -0.1) is 0 Å². The number of carbonyl (C=O) groups excluding carboxylic acids is 3. The average Bonchev–Trinajstić information content (AvgIpc) is 3.40. The van der Waals surface area contributed by atoms with Crippen LogP contribution in [0.25, 0.3) is 0 Å². The molecule has 35 heavy (non-hydrogen) atoms. The smallest absolute Gasteiger partial charge is 0.253 e. The molecule has 0 saturated heterocycles. The van der Waals surface area contributed by atoms with Crippen molar-refractivity contribution in [1.82, 2.24) is 10.2 Å². The Kier molecular flexibility index (Phi) is 9.48. The molecule has 3 N–H and O–H groups in total. The van der Waals surface area contributed by atoms with Crippen molar-refractivity contribution in [2.45, 2.75) is 33.2 Å². The minimum Gasteiger partial charge on any atom is -0.467 e. The van der Waals surface area contributed by atoms with Crippen LogP contribution >= 0.6 is 0 Å². The molecule has 3 amide bonds. The lowest BCUT2D eigenvalue weighted by molar-refractivity contribution is -0.114. The first-order chi connectivity index (χ1) is 17.0. The fourth-order valence-corrected chi connectivity index (χ4v) is 3.58. The van der Waals surface area contributed by atoms with E-state index in [9.17, 15) is 14.4 Å². The molecule has 0 radical (unpaired) electrons. The van der Waals surface area contributed by atoms with Gasteiger partial charge in [0, 0.05) is 35.6 Å². The van der Waals surface area contributed by atoms with Gasteiger partial charge >= 0.3 is 0 Å². The van der Waals surface area contributed by atoms with Crippen LogP contribution in [-0.2, 0) is 11.3 Å². The molecule has 0 atom stereocenters. The number of nitrogens with zero attached hydrogens (tertiary/aromatic N) is 1. The van der Waals surface area contributed by atoms with Crippen LogP contribution in [0.5, 0.6) is 0 Å². The molecular formula is C27H32N4O4. The summed E-state index contributed by atoms with van der Waals surface area (Å²) >= 11 is 0. The maximum atomic E-state index is 12.7. The van der Waals surface area contributed by atoms with Crippen LogP contribution in [0.4, 0.5) is 11.4 Å². The third-order valence-electron chi connectivity index (χ3n) is 5.27. The van der Waals surface area contributed by atoms with Crippen LogP contribution in [0.2, 0.25) is 0 Å². The fourth-order valence-electron chi connectivity index (χ4n) is 3.58. The number of carbonyl (C=O) groups is 3. The molecule has 0 spiro atoms. The molecule has 2 aromatic carbocycles. The minimum absolute atomic E-state index is 0.0195. The van der Waals surface area contributed by atoms with Crippen LogP contribution < -0.4 is 16.0 Å². The monoisotopic (exact) mass is 476 g/mol. The van der Waals surface area contributed by atoms with Gasteiger partial charge in [0.15, 0.2) is 0 Å². The van der Waals surface area contributed by atoms with E-state index in [2.05, 4.69) is 29.8 Å².